The standard InChI is InChI=1S/C23H26BrN/c1-15-8-6-7-9-20(15)25-14-19(24)16-12-17-18(13-21(16)25)23(4,5)11-10-22(17,2)3/h6-9,12-14H,10-11H2,1-5H3. The number of aryl methyl sites for hydroxylation is 1. The Kier molecular flexibility index (Phi) is 3.70. The minimum absolute atomic E-state index is 0.229. The van der Waals surface area contributed by atoms with Crippen molar-refractivity contribution in [1.82, 2.24) is 4.57 Å². The van der Waals surface area contributed by atoms with Gasteiger partial charge in [-0.15, -0.1) is 0 Å². The molecule has 1 aliphatic rings. The normalized spacial score (nSPS) is 18.3. The average molecular weight is 396 g/mol. The van der Waals surface area contributed by atoms with Crippen LogP contribution in [0.2, 0.25) is 0 Å². The Morgan fingerprint density at radius 3 is 2.16 bits per heavy atom. The fourth-order valence-electron chi connectivity index (χ4n) is 4.28. The number of halogens is 1. The van der Waals surface area contributed by atoms with Crippen molar-refractivity contribution in [3.05, 3.63) is 63.8 Å². The maximum Gasteiger partial charge on any atom is 0.0543 e. The van der Waals surface area contributed by atoms with E-state index < -0.39 is 0 Å². The molecule has 0 amide bonds. The van der Waals surface area contributed by atoms with Crippen LogP contribution < -0.4 is 0 Å². The van der Waals surface area contributed by atoms with E-state index in [0.717, 1.165) is 0 Å². The fourth-order valence-corrected chi connectivity index (χ4v) is 4.80. The van der Waals surface area contributed by atoms with Gasteiger partial charge in [0.25, 0.3) is 0 Å². The van der Waals surface area contributed by atoms with Gasteiger partial charge in [0, 0.05) is 21.7 Å². The van der Waals surface area contributed by atoms with Gasteiger partial charge in [-0.2, -0.15) is 0 Å². The van der Waals surface area contributed by atoms with Gasteiger partial charge in [0.2, 0.25) is 0 Å². The number of aromatic nitrogens is 1. The van der Waals surface area contributed by atoms with Crippen molar-refractivity contribution in [2.45, 2.75) is 58.3 Å². The Hall–Kier alpha value is -1.54. The molecule has 2 heteroatoms. The van der Waals surface area contributed by atoms with Crippen molar-refractivity contribution >= 4 is 26.8 Å². The van der Waals surface area contributed by atoms with Crippen LogP contribution in [-0.2, 0) is 10.8 Å². The maximum atomic E-state index is 3.81. The first kappa shape index (κ1) is 16.9. The molecular formula is C23H26BrN. The molecule has 0 unspecified atom stereocenters. The van der Waals surface area contributed by atoms with Gasteiger partial charge >= 0.3 is 0 Å². The lowest BCUT2D eigenvalue weighted by molar-refractivity contribution is 0.332. The van der Waals surface area contributed by atoms with Crippen molar-refractivity contribution in [3.8, 4) is 5.69 Å². The molecule has 1 aromatic heterocycles. The van der Waals surface area contributed by atoms with Gasteiger partial charge in [-0.25, -0.2) is 0 Å². The molecule has 0 saturated carbocycles. The van der Waals surface area contributed by atoms with E-state index in [4.69, 9.17) is 0 Å². The predicted molar refractivity (Wildman–Crippen MR) is 111 cm³/mol. The number of fused-ring (bicyclic) bond motifs is 2. The van der Waals surface area contributed by atoms with E-state index in [1.54, 1.807) is 0 Å². The van der Waals surface area contributed by atoms with Crippen molar-refractivity contribution in [3.63, 3.8) is 0 Å². The van der Waals surface area contributed by atoms with Gasteiger partial charge in [-0.3, -0.25) is 0 Å². The van der Waals surface area contributed by atoms with Gasteiger partial charge in [0.05, 0.1) is 5.52 Å². The van der Waals surface area contributed by atoms with Crippen LogP contribution in [0.4, 0.5) is 0 Å². The average Bonchev–Trinajstić information content (AvgIpc) is 2.88. The Morgan fingerprint density at radius 2 is 1.52 bits per heavy atom. The molecule has 0 fully saturated rings. The molecule has 0 N–H and O–H groups in total. The molecule has 0 saturated heterocycles. The smallest absolute Gasteiger partial charge is 0.0543 e. The summed E-state index contributed by atoms with van der Waals surface area (Å²) < 4.78 is 3.51. The highest BCUT2D eigenvalue weighted by molar-refractivity contribution is 9.10. The van der Waals surface area contributed by atoms with E-state index in [9.17, 15) is 0 Å². The quantitative estimate of drug-likeness (QED) is 0.415. The Labute approximate surface area is 159 Å². The first-order valence-corrected chi connectivity index (χ1v) is 9.92. The first-order valence-electron chi connectivity index (χ1n) is 9.12. The molecule has 1 aliphatic carbocycles. The third-order valence-corrected chi connectivity index (χ3v) is 6.74. The zero-order valence-electron chi connectivity index (χ0n) is 15.8. The molecule has 130 valence electrons. The van der Waals surface area contributed by atoms with Crippen LogP contribution in [0.1, 0.15) is 57.2 Å². The molecule has 0 bridgehead atoms. The zero-order valence-corrected chi connectivity index (χ0v) is 17.4. The van der Waals surface area contributed by atoms with Gasteiger partial charge in [-0.05, 0) is 81.4 Å². The van der Waals surface area contributed by atoms with Crippen LogP contribution in [0, 0.1) is 6.92 Å². The number of nitrogens with zero attached hydrogens (tertiary/aromatic N) is 1. The highest BCUT2D eigenvalue weighted by Gasteiger charge is 2.37. The van der Waals surface area contributed by atoms with Gasteiger partial charge in [0.15, 0.2) is 0 Å². The number of hydrogen-bond donors (Lipinski definition) is 0. The highest BCUT2D eigenvalue weighted by Crippen LogP contribution is 2.48. The number of benzene rings is 2. The molecule has 0 aliphatic heterocycles. The van der Waals surface area contributed by atoms with Crippen LogP contribution in [0.3, 0.4) is 0 Å². The van der Waals surface area contributed by atoms with Crippen molar-refractivity contribution < 1.29 is 0 Å². The van der Waals surface area contributed by atoms with E-state index >= 15 is 0 Å². The van der Waals surface area contributed by atoms with Crippen LogP contribution >= 0.6 is 15.9 Å². The summed E-state index contributed by atoms with van der Waals surface area (Å²) in [6.07, 6.45) is 4.71. The predicted octanol–water partition coefficient (Wildman–Crippen LogP) is 7.05. The lowest BCUT2D eigenvalue weighted by Crippen LogP contribution is -2.33. The second-order valence-corrected chi connectivity index (χ2v) is 9.67. The van der Waals surface area contributed by atoms with Crippen LogP contribution in [0.25, 0.3) is 16.6 Å². The van der Waals surface area contributed by atoms with E-state index in [0.29, 0.717) is 0 Å². The summed E-state index contributed by atoms with van der Waals surface area (Å²) in [7, 11) is 0. The maximum absolute atomic E-state index is 3.81. The summed E-state index contributed by atoms with van der Waals surface area (Å²) in [6.45, 7) is 11.7. The summed E-state index contributed by atoms with van der Waals surface area (Å²) in [5.41, 5.74) is 7.34. The second-order valence-electron chi connectivity index (χ2n) is 8.82. The third-order valence-electron chi connectivity index (χ3n) is 6.10. The van der Waals surface area contributed by atoms with Crippen LogP contribution in [0.15, 0.2) is 47.1 Å². The van der Waals surface area contributed by atoms with Gasteiger partial charge < -0.3 is 4.57 Å². The molecule has 0 atom stereocenters. The Morgan fingerprint density at radius 1 is 0.920 bits per heavy atom. The number of para-hydroxylation sites is 1. The summed E-state index contributed by atoms with van der Waals surface area (Å²) >= 11 is 3.81. The summed E-state index contributed by atoms with van der Waals surface area (Å²) in [4.78, 5) is 0. The number of rotatable bonds is 1. The van der Waals surface area contributed by atoms with Crippen LogP contribution in [-0.4, -0.2) is 4.57 Å². The Balaban J connectivity index is 2.06. The molecule has 25 heavy (non-hydrogen) atoms. The minimum Gasteiger partial charge on any atom is -0.315 e. The van der Waals surface area contributed by atoms with Gasteiger partial charge in [-0.1, -0.05) is 45.9 Å². The van der Waals surface area contributed by atoms with E-state index in [1.807, 2.05) is 0 Å². The van der Waals surface area contributed by atoms with E-state index in [1.165, 1.54) is 50.6 Å². The summed E-state index contributed by atoms with van der Waals surface area (Å²) in [5.74, 6) is 0. The van der Waals surface area contributed by atoms with Crippen molar-refractivity contribution in [2.24, 2.45) is 0 Å². The van der Waals surface area contributed by atoms with Crippen molar-refractivity contribution in [2.75, 3.05) is 0 Å². The molecular weight excluding hydrogens is 370 g/mol. The topological polar surface area (TPSA) is 4.93 Å². The SMILES string of the molecule is Cc1ccccc1-n1cc(Br)c2cc3c(cc21)C(C)(C)CCC3(C)C. The van der Waals surface area contributed by atoms with E-state index in [-0.39, 0.29) is 10.8 Å². The fraction of sp³-hybridized carbons (Fsp3) is 0.391. The largest absolute Gasteiger partial charge is 0.315 e. The molecule has 1 heterocycles. The third kappa shape index (κ3) is 2.57. The monoisotopic (exact) mass is 395 g/mol. The van der Waals surface area contributed by atoms with Gasteiger partial charge in [0.1, 0.15) is 0 Å². The molecule has 3 aromatic rings. The molecule has 0 radical (unpaired) electrons. The lowest BCUT2D eigenvalue weighted by Gasteiger charge is -2.42. The number of hydrogen-bond acceptors (Lipinski definition) is 0. The molecule has 0 spiro atoms. The van der Waals surface area contributed by atoms with E-state index in [2.05, 4.69) is 97.7 Å². The molecule has 1 nitrogen and oxygen atoms in total. The Bertz CT molecular complexity index is 975. The highest BCUT2D eigenvalue weighted by atomic mass is 79.9. The second kappa shape index (κ2) is 5.48. The lowest BCUT2D eigenvalue weighted by atomic mass is 9.63. The zero-order chi connectivity index (χ0) is 18.0. The summed E-state index contributed by atoms with van der Waals surface area (Å²) in [6, 6.07) is 13.5. The summed E-state index contributed by atoms with van der Waals surface area (Å²) in [5, 5.41) is 1.31. The molecule has 2 aromatic carbocycles. The van der Waals surface area contributed by atoms with Crippen molar-refractivity contribution in [1.29, 1.82) is 0 Å². The minimum atomic E-state index is 0.229. The van der Waals surface area contributed by atoms with Crippen LogP contribution in [0.5, 0.6) is 0 Å². The molecule has 4 rings (SSSR count). The first-order chi connectivity index (χ1) is 11.7.